The van der Waals surface area contributed by atoms with Crippen molar-refractivity contribution in [3.63, 3.8) is 0 Å². The van der Waals surface area contributed by atoms with Gasteiger partial charge in [-0.05, 0) is 13.8 Å². The number of carboxylic acids is 1. The Morgan fingerprint density at radius 3 is 2.09 bits per heavy atom. The maximum Gasteiger partial charge on any atom is 0.306 e. The summed E-state index contributed by atoms with van der Waals surface area (Å²) in [5.74, 6) is -1.31. The molecule has 0 aromatic heterocycles. The van der Waals surface area contributed by atoms with Crippen LogP contribution in [0.5, 0.6) is 0 Å². The highest BCUT2D eigenvalue weighted by Crippen LogP contribution is 2.14. The van der Waals surface area contributed by atoms with Crippen LogP contribution >= 0.6 is 0 Å². The van der Waals surface area contributed by atoms with Crippen LogP contribution in [-0.4, -0.2) is 27.6 Å². The Balaban J connectivity index is 3.99. The lowest BCUT2D eigenvalue weighted by Crippen LogP contribution is -2.30. The lowest BCUT2D eigenvalue weighted by Gasteiger charge is -2.18. The van der Waals surface area contributed by atoms with Crippen molar-refractivity contribution in [2.45, 2.75) is 32.3 Å². The first-order valence-electron chi connectivity index (χ1n) is 3.27. The quantitative estimate of drug-likeness (QED) is 0.615. The van der Waals surface area contributed by atoms with Crippen LogP contribution in [0.15, 0.2) is 0 Å². The molecule has 0 heterocycles. The summed E-state index contributed by atoms with van der Waals surface area (Å²) in [5.41, 5.74) is -1.41. The first kappa shape index (κ1) is 10.1. The number of carbonyl (C=O) groups is 2. The summed E-state index contributed by atoms with van der Waals surface area (Å²) in [6, 6.07) is 0. The number of aliphatic hydroxyl groups is 1. The van der Waals surface area contributed by atoms with Gasteiger partial charge in [0.1, 0.15) is 5.78 Å². The molecule has 0 fully saturated rings. The van der Waals surface area contributed by atoms with Crippen LogP contribution < -0.4 is 0 Å². The molecule has 0 saturated carbocycles. The Kier molecular flexibility index (Phi) is 3.19. The number of carbonyl (C=O) groups excluding carboxylic acids is 1. The first-order chi connectivity index (χ1) is 4.83. The molecule has 0 amide bonds. The summed E-state index contributed by atoms with van der Waals surface area (Å²) in [6.07, 6.45) is -0.508. The van der Waals surface area contributed by atoms with Crippen molar-refractivity contribution < 1.29 is 19.8 Å². The Morgan fingerprint density at radius 1 is 1.36 bits per heavy atom. The Hall–Kier alpha value is -0.900. The maximum absolute atomic E-state index is 10.5. The third-order valence-corrected chi connectivity index (χ3v) is 1.16. The van der Waals surface area contributed by atoms with Gasteiger partial charge in [0.2, 0.25) is 0 Å². The van der Waals surface area contributed by atoms with Crippen molar-refractivity contribution >= 4 is 11.8 Å². The highest BCUT2D eigenvalue weighted by molar-refractivity contribution is 5.78. The highest BCUT2D eigenvalue weighted by Gasteiger charge is 2.25. The molecule has 2 N–H and O–H groups in total. The molecular weight excluding hydrogens is 148 g/mol. The van der Waals surface area contributed by atoms with Crippen LogP contribution in [0.25, 0.3) is 0 Å². The molecule has 0 bridgehead atoms. The second-order valence-corrected chi connectivity index (χ2v) is 2.95. The number of rotatable bonds is 4. The molecule has 0 aromatic carbocycles. The molecule has 64 valence electrons. The zero-order valence-corrected chi connectivity index (χ0v) is 6.63. The van der Waals surface area contributed by atoms with E-state index in [0.717, 1.165) is 0 Å². The van der Waals surface area contributed by atoms with E-state index >= 15 is 0 Å². The van der Waals surface area contributed by atoms with Crippen LogP contribution in [0.1, 0.15) is 26.7 Å². The monoisotopic (exact) mass is 160 g/mol. The lowest BCUT2D eigenvalue weighted by atomic mass is 9.96. The summed E-state index contributed by atoms with van der Waals surface area (Å²) in [6.45, 7) is 2.65. The van der Waals surface area contributed by atoms with Crippen LogP contribution in [0.4, 0.5) is 0 Å². The SMILES string of the molecule is CC(=O)CC(C)(O)CC(=O)O. The fourth-order valence-corrected chi connectivity index (χ4v) is 0.925. The van der Waals surface area contributed by atoms with E-state index in [2.05, 4.69) is 0 Å². The minimum Gasteiger partial charge on any atom is -0.481 e. The van der Waals surface area contributed by atoms with E-state index in [1.54, 1.807) is 0 Å². The van der Waals surface area contributed by atoms with Crippen LogP contribution in [0, 0.1) is 0 Å². The molecule has 0 radical (unpaired) electrons. The van der Waals surface area contributed by atoms with Gasteiger partial charge in [0, 0.05) is 6.42 Å². The largest absolute Gasteiger partial charge is 0.481 e. The van der Waals surface area contributed by atoms with Crippen LogP contribution in [0.3, 0.4) is 0 Å². The smallest absolute Gasteiger partial charge is 0.306 e. The molecule has 0 spiro atoms. The highest BCUT2D eigenvalue weighted by atomic mass is 16.4. The van der Waals surface area contributed by atoms with Gasteiger partial charge < -0.3 is 10.2 Å². The van der Waals surface area contributed by atoms with Crippen molar-refractivity contribution in [3.8, 4) is 0 Å². The van der Waals surface area contributed by atoms with Gasteiger partial charge in [0.05, 0.1) is 12.0 Å². The minimum atomic E-state index is -1.41. The molecule has 1 atom stereocenters. The predicted molar refractivity (Wildman–Crippen MR) is 38.2 cm³/mol. The molecule has 0 aromatic rings. The Bertz CT molecular complexity index is 153. The third kappa shape index (κ3) is 5.54. The van der Waals surface area contributed by atoms with Crippen LogP contribution in [0.2, 0.25) is 0 Å². The fourth-order valence-electron chi connectivity index (χ4n) is 0.925. The molecule has 0 rings (SSSR count). The lowest BCUT2D eigenvalue weighted by molar-refractivity contribution is -0.142. The van der Waals surface area contributed by atoms with Gasteiger partial charge in [0.15, 0.2) is 0 Å². The average molecular weight is 160 g/mol. The number of aliphatic carboxylic acids is 1. The number of carboxylic acid groups (broad SMARTS) is 1. The van der Waals surface area contributed by atoms with Crippen LogP contribution in [-0.2, 0) is 9.59 Å². The van der Waals surface area contributed by atoms with E-state index in [4.69, 9.17) is 5.11 Å². The molecule has 0 aliphatic carbocycles. The second-order valence-electron chi connectivity index (χ2n) is 2.95. The zero-order chi connectivity index (χ0) is 9.07. The number of ketones is 1. The van der Waals surface area contributed by atoms with Gasteiger partial charge in [-0.25, -0.2) is 0 Å². The van der Waals surface area contributed by atoms with E-state index in [-0.39, 0.29) is 12.2 Å². The topological polar surface area (TPSA) is 74.6 Å². The van der Waals surface area contributed by atoms with Crippen molar-refractivity contribution in [3.05, 3.63) is 0 Å². The van der Waals surface area contributed by atoms with E-state index in [1.807, 2.05) is 0 Å². The normalized spacial score (nSPS) is 15.5. The molecule has 0 aliphatic rings. The summed E-state index contributed by atoms with van der Waals surface area (Å²) >= 11 is 0. The van der Waals surface area contributed by atoms with Gasteiger partial charge in [0.25, 0.3) is 0 Å². The Morgan fingerprint density at radius 2 is 1.82 bits per heavy atom. The fraction of sp³-hybridized carbons (Fsp3) is 0.714. The van der Waals surface area contributed by atoms with Crippen molar-refractivity contribution in [1.82, 2.24) is 0 Å². The molecule has 4 heteroatoms. The van der Waals surface area contributed by atoms with E-state index in [1.165, 1.54) is 13.8 Å². The van der Waals surface area contributed by atoms with Gasteiger partial charge in [-0.2, -0.15) is 0 Å². The molecule has 11 heavy (non-hydrogen) atoms. The predicted octanol–water partition coefficient (Wildman–Crippen LogP) is 0.191. The second kappa shape index (κ2) is 3.48. The van der Waals surface area contributed by atoms with Crippen molar-refractivity contribution in [1.29, 1.82) is 0 Å². The summed E-state index contributed by atoms with van der Waals surface area (Å²) in [4.78, 5) is 20.6. The molecule has 1 unspecified atom stereocenters. The first-order valence-corrected chi connectivity index (χ1v) is 3.27. The summed E-state index contributed by atoms with van der Waals surface area (Å²) in [5, 5.41) is 17.5. The molecule has 0 saturated heterocycles. The van der Waals surface area contributed by atoms with Gasteiger partial charge in [-0.1, -0.05) is 0 Å². The van der Waals surface area contributed by atoms with Crippen molar-refractivity contribution in [2.75, 3.05) is 0 Å². The Labute approximate surface area is 64.8 Å². The van der Waals surface area contributed by atoms with Crippen molar-refractivity contribution in [2.24, 2.45) is 0 Å². The van der Waals surface area contributed by atoms with E-state index < -0.39 is 18.0 Å². The minimum absolute atomic E-state index is 0.112. The van der Waals surface area contributed by atoms with E-state index in [9.17, 15) is 14.7 Å². The molecular formula is C7H12O4. The number of hydrogen-bond donors (Lipinski definition) is 2. The summed E-state index contributed by atoms with van der Waals surface area (Å²) < 4.78 is 0. The van der Waals surface area contributed by atoms with Gasteiger partial charge in [-0.15, -0.1) is 0 Å². The number of hydrogen-bond acceptors (Lipinski definition) is 3. The molecule has 4 nitrogen and oxygen atoms in total. The average Bonchev–Trinajstić information content (AvgIpc) is 1.53. The van der Waals surface area contributed by atoms with Gasteiger partial charge in [-0.3, -0.25) is 9.59 Å². The molecule has 0 aliphatic heterocycles. The third-order valence-electron chi connectivity index (χ3n) is 1.16. The maximum atomic E-state index is 10.5. The standard InChI is InChI=1S/C7H12O4/c1-5(8)3-7(2,11)4-6(9)10/h11H,3-4H2,1-2H3,(H,9,10). The zero-order valence-electron chi connectivity index (χ0n) is 6.63. The summed E-state index contributed by atoms with van der Waals surface area (Å²) in [7, 11) is 0. The number of Topliss-reactive ketones (excluding diaryl/α,β-unsaturated/α-hetero) is 1. The van der Waals surface area contributed by atoms with Gasteiger partial charge >= 0.3 is 5.97 Å². The van der Waals surface area contributed by atoms with E-state index in [0.29, 0.717) is 0 Å².